The molecule has 2 aliphatic rings. The molecular weight excluding hydrogens is 364 g/mol. The van der Waals surface area contributed by atoms with Crippen LogP contribution in [0.3, 0.4) is 0 Å². The molecule has 0 unspecified atom stereocenters. The molecule has 4 rings (SSSR count). The van der Waals surface area contributed by atoms with Crippen molar-refractivity contribution in [1.82, 2.24) is 19.3 Å². The van der Waals surface area contributed by atoms with Gasteiger partial charge in [0.05, 0.1) is 19.3 Å². The van der Waals surface area contributed by atoms with Gasteiger partial charge in [0.25, 0.3) is 0 Å². The lowest BCUT2D eigenvalue weighted by molar-refractivity contribution is 0.0601. The van der Waals surface area contributed by atoms with E-state index in [9.17, 15) is 4.79 Å². The van der Waals surface area contributed by atoms with Crippen LogP contribution in [-0.2, 0) is 18.0 Å². The van der Waals surface area contributed by atoms with Crippen LogP contribution in [0, 0.1) is 5.92 Å². The summed E-state index contributed by atoms with van der Waals surface area (Å²) in [5, 5.41) is 1.18. The normalized spacial score (nSPS) is 20.4. The first-order chi connectivity index (χ1) is 14.0. The van der Waals surface area contributed by atoms with Gasteiger partial charge >= 0.3 is 5.97 Å². The quantitative estimate of drug-likeness (QED) is 0.725. The summed E-state index contributed by atoms with van der Waals surface area (Å²) in [6.07, 6.45) is 4.85. The number of nitrogens with zero attached hydrogens (tertiary/aromatic N) is 4. The first kappa shape index (κ1) is 20.4. The van der Waals surface area contributed by atoms with Crippen molar-refractivity contribution in [2.75, 3.05) is 53.4 Å². The summed E-state index contributed by atoms with van der Waals surface area (Å²) in [5.74, 6) is 0.562. The molecule has 0 amide bonds. The van der Waals surface area contributed by atoms with Crippen molar-refractivity contribution in [1.29, 1.82) is 0 Å². The number of hydrogen-bond acceptors (Lipinski definition) is 5. The number of hydrogen-bond donors (Lipinski definition) is 0. The van der Waals surface area contributed by atoms with E-state index in [-0.39, 0.29) is 5.97 Å². The second-order valence-electron chi connectivity index (χ2n) is 8.87. The number of esters is 1. The van der Waals surface area contributed by atoms with Gasteiger partial charge in [-0.05, 0) is 62.7 Å². The van der Waals surface area contributed by atoms with E-state index in [0.717, 1.165) is 58.4 Å². The number of aromatic nitrogens is 1. The summed E-state index contributed by atoms with van der Waals surface area (Å²) < 4.78 is 7.32. The van der Waals surface area contributed by atoms with Crippen molar-refractivity contribution in [3.05, 3.63) is 35.5 Å². The van der Waals surface area contributed by atoms with Gasteiger partial charge in [0.1, 0.15) is 0 Å². The molecule has 2 aliphatic heterocycles. The van der Waals surface area contributed by atoms with Gasteiger partial charge < -0.3 is 14.2 Å². The average molecular weight is 399 g/mol. The van der Waals surface area contributed by atoms with E-state index >= 15 is 0 Å². The van der Waals surface area contributed by atoms with Crippen molar-refractivity contribution in [3.8, 4) is 0 Å². The van der Waals surface area contributed by atoms with Crippen molar-refractivity contribution < 1.29 is 9.53 Å². The molecule has 3 heterocycles. The number of benzene rings is 1. The van der Waals surface area contributed by atoms with Gasteiger partial charge in [-0.3, -0.25) is 9.80 Å². The average Bonchev–Trinajstić information content (AvgIpc) is 3.07. The predicted octanol–water partition coefficient (Wildman–Crippen LogP) is 2.86. The Kier molecular flexibility index (Phi) is 6.23. The highest BCUT2D eigenvalue weighted by Gasteiger charge is 2.20. The summed E-state index contributed by atoms with van der Waals surface area (Å²) in [5.41, 5.74) is 3.15. The smallest absolute Gasteiger partial charge is 0.337 e. The molecule has 0 N–H and O–H groups in total. The first-order valence-electron chi connectivity index (χ1n) is 10.9. The summed E-state index contributed by atoms with van der Waals surface area (Å²) in [7, 11) is 3.63. The van der Waals surface area contributed by atoms with Crippen LogP contribution in [0.5, 0.6) is 0 Å². The summed E-state index contributed by atoms with van der Waals surface area (Å²) >= 11 is 0. The van der Waals surface area contributed by atoms with E-state index in [4.69, 9.17) is 4.74 Å². The maximum absolute atomic E-state index is 12.1. The molecule has 1 aromatic heterocycles. The number of fused-ring (bicyclic) bond motifs is 1. The number of likely N-dealkylation sites (N-methyl/N-ethyl adjacent to an activating group) is 1. The highest BCUT2D eigenvalue weighted by molar-refractivity contribution is 5.95. The molecular formula is C23H34N4O2. The van der Waals surface area contributed by atoms with Gasteiger partial charge in [0, 0.05) is 49.8 Å². The molecule has 0 aliphatic carbocycles. The minimum atomic E-state index is -0.267. The Balaban J connectivity index is 1.61. The van der Waals surface area contributed by atoms with E-state index in [1.54, 1.807) is 0 Å². The molecule has 0 radical (unpaired) electrons. The van der Waals surface area contributed by atoms with Crippen LogP contribution in [-0.4, -0.2) is 78.7 Å². The monoisotopic (exact) mass is 398 g/mol. The number of ether oxygens (including phenoxy) is 1. The second kappa shape index (κ2) is 8.86. The number of rotatable bonds is 5. The topological polar surface area (TPSA) is 41.0 Å². The number of methoxy groups -OCH3 is 1. The molecule has 0 bridgehead atoms. The number of likely N-dealkylation sites (tertiary alicyclic amines) is 1. The Hall–Kier alpha value is -1.89. The maximum atomic E-state index is 12.1. The van der Waals surface area contributed by atoms with Gasteiger partial charge in [-0.25, -0.2) is 4.79 Å². The lowest BCUT2D eigenvalue weighted by atomic mass is 9.99. The zero-order chi connectivity index (χ0) is 20.4. The van der Waals surface area contributed by atoms with Crippen molar-refractivity contribution in [3.63, 3.8) is 0 Å². The largest absolute Gasteiger partial charge is 0.465 e. The van der Waals surface area contributed by atoms with E-state index in [0.29, 0.717) is 5.56 Å². The van der Waals surface area contributed by atoms with E-state index < -0.39 is 0 Å². The van der Waals surface area contributed by atoms with Crippen LogP contribution < -0.4 is 0 Å². The minimum Gasteiger partial charge on any atom is -0.465 e. The number of carbonyl (C=O) groups excluding carboxylic acids is 1. The SMILES string of the molecule is COC(=O)c1ccc2c(c1)c(CN1CCC(C)CC1)cn2CN1CCN(C)CC1. The highest BCUT2D eigenvalue weighted by atomic mass is 16.5. The number of carbonyl (C=O) groups is 1. The molecule has 2 saturated heterocycles. The molecule has 0 saturated carbocycles. The van der Waals surface area contributed by atoms with Gasteiger partial charge in [-0.2, -0.15) is 0 Å². The highest BCUT2D eigenvalue weighted by Crippen LogP contribution is 2.27. The lowest BCUT2D eigenvalue weighted by Gasteiger charge is -2.32. The third-order valence-corrected chi connectivity index (χ3v) is 6.60. The van der Waals surface area contributed by atoms with E-state index in [1.165, 1.54) is 36.4 Å². The van der Waals surface area contributed by atoms with Crippen LogP contribution >= 0.6 is 0 Å². The Morgan fingerprint density at radius 2 is 1.79 bits per heavy atom. The van der Waals surface area contributed by atoms with Crippen molar-refractivity contribution >= 4 is 16.9 Å². The van der Waals surface area contributed by atoms with Crippen LogP contribution in [0.15, 0.2) is 24.4 Å². The van der Waals surface area contributed by atoms with Crippen molar-refractivity contribution in [2.45, 2.75) is 33.0 Å². The maximum Gasteiger partial charge on any atom is 0.337 e. The van der Waals surface area contributed by atoms with Gasteiger partial charge in [0.15, 0.2) is 0 Å². The van der Waals surface area contributed by atoms with Gasteiger partial charge in [-0.15, -0.1) is 0 Å². The summed E-state index contributed by atoms with van der Waals surface area (Å²) in [6, 6.07) is 5.99. The molecule has 29 heavy (non-hydrogen) atoms. The molecule has 6 nitrogen and oxygen atoms in total. The fraction of sp³-hybridized carbons (Fsp3) is 0.609. The lowest BCUT2D eigenvalue weighted by Crippen LogP contribution is -2.44. The molecule has 0 spiro atoms. The van der Waals surface area contributed by atoms with Crippen LogP contribution in [0.2, 0.25) is 0 Å². The Morgan fingerprint density at radius 3 is 2.48 bits per heavy atom. The van der Waals surface area contributed by atoms with Crippen molar-refractivity contribution in [2.24, 2.45) is 5.92 Å². The molecule has 2 fully saturated rings. The Labute approximate surface area is 174 Å². The fourth-order valence-electron chi connectivity index (χ4n) is 4.52. The van der Waals surface area contributed by atoms with Gasteiger partial charge in [0.2, 0.25) is 0 Å². The number of piperazine rings is 1. The summed E-state index contributed by atoms with van der Waals surface area (Å²) in [6.45, 7) is 10.9. The zero-order valence-electron chi connectivity index (χ0n) is 18.1. The number of piperidine rings is 1. The Bertz CT molecular complexity index is 846. The molecule has 0 atom stereocenters. The third kappa shape index (κ3) is 4.65. The predicted molar refractivity (Wildman–Crippen MR) is 116 cm³/mol. The van der Waals surface area contributed by atoms with E-state index in [1.807, 2.05) is 12.1 Å². The molecule has 6 heteroatoms. The first-order valence-corrected chi connectivity index (χ1v) is 10.9. The van der Waals surface area contributed by atoms with Crippen LogP contribution in [0.4, 0.5) is 0 Å². The van der Waals surface area contributed by atoms with Crippen LogP contribution in [0.25, 0.3) is 10.9 Å². The third-order valence-electron chi connectivity index (χ3n) is 6.60. The minimum absolute atomic E-state index is 0.267. The Morgan fingerprint density at radius 1 is 1.07 bits per heavy atom. The molecule has 158 valence electrons. The second-order valence-corrected chi connectivity index (χ2v) is 8.87. The fourth-order valence-corrected chi connectivity index (χ4v) is 4.52. The molecule has 2 aromatic rings. The van der Waals surface area contributed by atoms with Crippen LogP contribution in [0.1, 0.15) is 35.7 Å². The standard InChI is InChI=1S/C23H34N4O2/c1-18-6-8-25(9-7-18)15-20-16-27(17-26-12-10-24(2)11-13-26)22-5-4-19(14-21(20)22)23(28)29-3/h4-5,14,16,18H,6-13,15,17H2,1-3H3. The zero-order valence-corrected chi connectivity index (χ0v) is 18.1. The van der Waals surface area contributed by atoms with E-state index in [2.05, 4.69) is 45.5 Å². The summed E-state index contributed by atoms with van der Waals surface area (Å²) in [4.78, 5) is 19.6. The molecule has 1 aromatic carbocycles. The van der Waals surface area contributed by atoms with Gasteiger partial charge in [-0.1, -0.05) is 6.92 Å².